The first kappa shape index (κ1) is 16.5. The third kappa shape index (κ3) is 3.26. The molecule has 2 aromatic rings. The van der Waals surface area contributed by atoms with E-state index in [-0.39, 0.29) is 17.8 Å². The van der Waals surface area contributed by atoms with Crippen LogP contribution < -0.4 is 9.64 Å². The van der Waals surface area contributed by atoms with Gasteiger partial charge < -0.3 is 9.64 Å². The number of benzene rings is 2. The minimum atomic E-state index is -0.246. The summed E-state index contributed by atoms with van der Waals surface area (Å²) in [5.41, 5.74) is 1.81. The van der Waals surface area contributed by atoms with Crippen molar-refractivity contribution in [2.24, 2.45) is 0 Å². The van der Waals surface area contributed by atoms with Crippen LogP contribution in [-0.4, -0.2) is 37.0 Å². The Labute approximate surface area is 141 Å². The lowest BCUT2D eigenvalue weighted by molar-refractivity contribution is -0.125. The molecule has 1 amide bonds. The number of rotatable bonds is 4. The molecule has 5 heteroatoms. The van der Waals surface area contributed by atoms with Crippen LogP contribution in [0.4, 0.5) is 10.1 Å². The number of halogens is 1. The molecule has 1 unspecified atom stereocenters. The van der Waals surface area contributed by atoms with Crippen LogP contribution in [0.2, 0.25) is 0 Å². The maximum Gasteiger partial charge on any atom is 0.244 e. The van der Waals surface area contributed by atoms with Crippen molar-refractivity contribution >= 4 is 11.6 Å². The predicted molar refractivity (Wildman–Crippen MR) is 91.6 cm³/mol. The zero-order chi connectivity index (χ0) is 17.1. The molecular weight excluding hydrogens is 307 g/mol. The molecule has 4 nitrogen and oxygen atoms in total. The summed E-state index contributed by atoms with van der Waals surface area (Å²) < 4.78 is 18.4. The third-order valence-corrected chi connectivity index (χ3v) is 4.46. The van der Waals surface area contributed by atoms with Crippen molar-refractivity contribution in [3.8, 4) is 5.75 Å². The zero-order valence-corrected chi connectivity index (χ0v) is 13.9. The van der Waals surface area contributed by atoms with E-state index < -0.39 is 0 Å². The van der Waals surface area contributed by atoms with E-state index in [0.29, 0.717) is 18.8 Å². The monoisotopic (exact) mass is 328 g/mol. The molecule has 1 fully saturated rings. The summed E-state index contributed by atoms with van der Waals surface area (Å²) >= 11 is 0. The highest BCUT2D eigenvalue weighted by Gasteiger charge is 2.33. The second-order valence-electron chi connectivity index (χ2n) is 5.93. The first-order chi connectivity index (χ1) is 11.6. The average molecular weight is 328 g/mol. The number of anilines is 1. The molecule has 0 bridgehead atoms. The van der Waals surface area contributed by atoms with Gasteiger partial charge in [0.15, 0.2) is 0 Å². The van der Waals surface area contributed by atoms with Crippen molar-refractivity contribution < 1.29 is 13.9 Å². The fraction of sp³-hybridized carbons (Fsp3) is 0.316. The van der Waals surface area contributed by atoms with Gasteiger partial charge in [-0.1, -0.05) is 24.3 Å². The molecule has 1 heterocycles. The Kier molecular flexibility index (Phi) is 4.81. The second-order valence-corrected chi connectivity index (χ2v) is 5.93. The molecule has 1 atom stereocenters. The first-order valence-electron chi connectivity index (χ1n) is 8.03. The molecule has 1 saturated heterocycles. The molecule has 0 N–H and O–H groups in total. The van der Waals surface area contributed by atoms with Crippen LogP contribution in [0.3, 0.4) is 0 Å². The largest absolute Gasteiger partial charge is 0.495 e. The number of carbonyl (C=O) groups is 1. The quantitative estimate of drug-likeness (QED) is 0.865. The number of amides is 1. The molecule has 3 rings (SSSR count). The number of nitrogens with zero attached hydrogens (tertiary/aromatic N) is 2. The topological polar surface area (TPSA) is 32.8 Å². The van der Waals surface area contributed by atoms with Gasteiger partial charge in [0, 0.05) is 19.6 Å². The lowest BCUT2D eigenvalue weighted by atomic mass is 10.1. The summed E-state index contributed by atoms with van der Waals surface area (Å²) in [6.45, 7) is 3.90. The van der Waals surface area contributed by atoms with E-state index in [9.17, 15) is 9.18 Å². The van der Waals surface area contributed by atoms with Crippen LogP contribution in [0.5, 0.6) is 5.75 Å². The first-order valence-corrected chi connectivity index (χ1v) is 8.03. The van der Waals surface area contributed by atoms with Gasteiger partial charge in [-0.2, -0.15) is 0 Å². The standard InChI is InChI=1S/C19H21FN2O2/c1-14-19(23)22(17-5-3-4-6-18(17)24-2)12-11-21(14)13-15-7-9-16(20)10-8-15/h3-10,14H,11-13H2,1-2H3. The minimum absolute atomic E-state index is 0.0489. The van der Waals surface area contributed by atoms with E-state index in [4.69, 9.17) is 4.74 Å². The SMILES string of the molecule is COc1ccccc1N1CCN(Cc2ccc(F)cc2)C(C)C1=O. The van der Waals surface area contributed by atoms with Gasteiger partial charge in [-0.25, -0.2) is 4.39 Å². The van der Waals surface area contributed by atoms with Gasteiger partial charge >= 0.3 is 0 Å². The number of hydrogen-bond acceptors (Lipinski definition) is 3. The summed E-state index contributed by atoms with van der Waals surface area (Å²) in [5, 5.41) is 0. The van der Waals surface area contributed by atoms with Gasteiger partial charge in [0.05, 0.1) is 18.8 Å². The number of methoxy groups -OCH3 is 1. The highest BCUT2D eigenvalue weighted by atomic mass is 19.1. The van der Waals surface area contributed by atoms with E-state index in [1.54, 1.807) is 24.1 Å². The fourth-order valence-electron chi connectivity index (χ4n) is 3.05. The predicted octanol–water partition coefficient (Wildman–Crippen LogP) is 3.07. The van der Waals surface area contributed by atoms with Gasteiger partial charge in [0.1, 0.15) is 11.6 Å². The molecule has 0 spiro atoms. The van der Waals surface area contributed by atoms with Crippen LogP contribution >= 0.6 is 0 Å². The molecule has 0 aromatic heterocycles. The summed E-state index contributed by atoms with van der Waals surface area (Å²) in [6, 6.07) is 13.7. The van der Waals surface area contributed by atoms with Crippen LogP contribution in [0.1, 0.15) is 12.5 Å². The molecule has 2 aromatic carbocycles. The number of ether oxygens (including phenoxy) is 1. The molecule has 0 radical (unpaired) electrons. The molecule has 1 aliphatic rings. The average Bonchev–Trinajstić information content (AvgIpc) is 2.61. The second kappa shape index (κ2) is 7.01. The van der Waals surface area contributed by atoms with Crippen LogP contribution in [-0.2, 0) is 11.3 Å². The molecule has 1 aliphatic heterocycles. The summed E-state index contributed by atoms with van der Waals surface area (Å²) in [6.07, 6.45) is 0. The lowest BCUT2D eigenvalue weighted by Gasteiger charge is -2.39. The van der Waals surface area contributed by atoms with E-state index in [2.05, 4.69) is 4.90 Å². The van der Waals surface area contributed by atoms with Gasteiger partial charge in [-0.05, 0) is 36.8 Å². The lowest BCUT2D eigenvalue weighted by Crippen LogP contribution is -2.55. The van der Waals surface area contributed by atoms with Crippen LogP contribution in [0, 0.1) is 5.82 Å². The number of hydrogen-bond donors (Lipinski definition) is 0. The molecule has 24 heavy (non-hydrogen) atoms. The van der Waals surface area contributed by atoms with Gasteiger partial charge in [0.2, 0.25) is 5.91 Å². The van der Waals surface area contributed by atoms with Gasteiger partial charge in [-0.15, -0.1) is 0 Å². The van der Waals surface area contributed by atoms with Crippen LogP contribution in [0.25, 0.3) is 0 Å². The van der Waals surface area contributed by atoms with Crippen molar-refractivity contribution in [2.45, 2.75) is 19.5 Å². The minimum Gasteiger partial charge on any atom is -0.495 e. The van der Waals surface area contributed by atoms with Crippen molar-refractivity contribution in [1.82, 2.24) is 4.90 Å². The Morgan fingerprint density at radius 3 is 2.54 bits per heavy atom. The Morgan fingerprint density at radius 1 is 1.12 bits per heavy atom. The summed E-state index contributed by atoms with van der Waals surface area (Å²) in [5.74, 6) is 0.502. The van der Waals surface area contributed by atoms with Crippen molar-refractivity contribution in [2.75, 3.05) is 25.1 Å². The maximum atomic E-state index is 13.0. The van der Waals surface area contributed by atoms with Crippen molar-refractivity contribution in [3.63, 3.8) is 0 Å². The Balaban J connectivity index is 1.75. The normalized spacial score (nSPS) is 18.7. The summed E-state index contributed by atoms with van der Waals surface area (Å²) in [7, 11) is 1.61. The van der Waals surface area contributed by atoms with Gasteiger partial charge in [0.25, 0.3) is 0 Å². The van der Waals surface area contributed by atoms with Crippen molar-refractivity contribution in [1.29, 1.82) is 0 Å². The zero-order valence-electron chi connectivity index (χ0n) is 13.9. The van der Waals surface area contributed by atoms with Crippen LogP contribution in [0.15, 0.2) is 48.5 Å². The maximum absolute atomic E-state index is 13.0. The molecular formula is C19H21FN2O2. The molecule has 126 valence electrons. The van der Waals surface area contributed by atoms with Crippen molar-refractivity contribution in [3.05, 3.63) is 59.9 Å². The van der Waals surface area contributed by atoms with Gasteiger partial charge in [-0.3, -0.25) is 9.69 Å². The number of para-hydroxylation sites is 2. The Hall–Kier alpha value is -2.40. The van der Waals surface area contributed by atoms with E-state index >= 15 is 0 Å². The molecule has 0 aliphatic carbocycles. The van der Waals surface area contributed by atoms with E-state index in [1.165, 1.54) is 12.1 Å². The smallest absolute Gasteiger partial charge is 0.244 e. The fourth-order valence-corrected chi connectivity index (χ4v) is 3.05. The van der Waals surface area contributed by atoms with E-state index in [0.717, 1.165) is 17.8 Å². The van der Waals surface area contributed by atoms with E-state index in [1.807, 2.05) is 31.2 Å². The highest BCUT2D eigenvalue weighted by molar-refractivity contribution is 5.98. The Morgan fingerprint density at radius 2 is 1.83 bits per heavy atom. The summed E-state index contributed by atoms with van der Waals surface area (Å²) in [4.78, 5) is 16.7. The number of piperazine rings is 1. The highest BCUT2D eigenvalue weighted by Crippen LogP contribution is 2.30. The molecule has 0 saturated carbocycles. The Bertz CT molecular complexity index is 718. The third-order valence-electron chi connectivity index (χ3n) is 4.46. The number of carbonyl (C=O) groups excluding carboxylic acids is 1.